The average Bonchev–Trinajstić information content (AvgIpc) is 3.15. The molecule has 6 nitrogen and oxygen atoms in total. The minimum atomic E-state index is -0.409. The van der Waals surface area contributed by atoms with Gasteiger partial charge in [0.1, 0.15) is 11.5 Å². The van der Waals surface area contributed by atoms with E-state index < -0.39 is 5.92 Å². The largest absolute Gasteiger partial charge is 0.497 e. The molecule has 0 radical (unpaired) electrons. The first-order chi connectivity index (χ1) is 15.0. The zero-order chi connectivity index (χ0) is 22.0. The molecule has 4 rings (SSSR count). The lowest BCUT2D eigenvalue weighted by molar-refractivity contribution is -0.138. The van der Waals surface area contributed by atoms with E-state index >= 15 is 0 Å². The Bertz CT molecular complexity index is 926. The zero-order valence-corrected chi connectivity index (χ0v) is 18.4. The van der Waals surface area contributed by atoms with Gasteiger partial charge in [-0.2, -0.15) is 0 Å². The number of likely N-dealkylation sites (tertiary alicyclic amines) is 1. The smallest absolute Gasteiger partial charge is 0.228 e. The highest BCUT2D eigenvalue weighted by molar-refractivity contribution is 6.01. The fraction of sp³-hybridized carbons (Fsp3) is 0.440. The molecule has 2 fully saturated rings. The van der Waals surface area contributed by atoms with Crippen molar-refractivity contribution >= 4 is 17.5 Å². The van der Waals surface area contributed by atoms with Crippen molar-refractivity contribution in [2.24, 2.45) is 11.8 Å². The van der Waals surface area contributed by atoms with Gasteiger partial charge in [-0.25, -0.2) is 0 Å². The van der Waals surface area contributed by atoms with Gasteiger partial charge in [-0.15, -0.1) is 0 Å². The van der Waals surface area contributed by atoms with E-state index in [0.29, 0.717) is 5.92 Å². The molecule has 0 aliphatic carbocycles. The monoisotopic (exact) mass is 422 g/mol. The molecule has 2 aromatic carbocycles. The van der Waals surface area contributed by atoms with Crippen LogP contribution in [0.4, 0.5) is 5.69 Å². The Morgan fingerprint density at radius 1 is 0.968 bits per heavy atom. The number of piperidine rings is 1. The normalized spacial score (nSPS) is 23.7. The molecule has 0 bridgehead atoms. The van der Waals surface area contributed by atoms with Crippen molar-refractivity contribution in [3.05, 3.63) is 54.1 Å². The molecule has 31 heavy (non-hydrogen) atoms. The van der Waals surface area contributed by atoms with Gasteiger partial charge < -0.3 is 19.3 Å². The van der Waals surface area contributed by atoms with E-state index in [0.717, 1.165) is 48.7 Å². The summed E-state index contributed by atoms with van der Waals surface area (Å²) in [5.41, 5.74) is 1.71. The standard InChI is InChI=1S/C25H30N2O4/c1-17-5-4-14-26(16-17)25(29)22-15-23(28)27(19-8-12-21(31-3)13-9-19)24(22)18-6-10-20(30-2)11-7-18/h6-13,17,22,24H,4-5,14-16H2,1-3H3/t17-,22+,24-/m1/s1. The van der Waals surface area contributed by atoms with Crippen molar-refractivity contribution in [2.75, 3.05) is 32.2 Å². The average molecular weight is 423 g/mol. The van der Waals surface area contributed by atoms with Gasteiger partial charge >= 0.3 is 0 Å². The first-order valence-corrected chi connectivity index (χ1v) is 10.9. The maximum absolute atomic E-state index is 13.6. The van der Waals surface area contributed by atoms with Gasteiger partial charge in [0.05, 0.1) is 26.2 Å². The van der Waals surface area contributed by atoms with Crippen LogP contribution in [0.5, 0.6) is 11.5 Å². The molecule has 2 aromatic rings. The molecule has 0 N–H and O–H groups in total. The second-order valence-corrected chi connectivity index (χ2v) is 8.52. The van der Waals surface area contributed by atoms with Crippen LogP contribution in [-0.4, -0.2) is 44.0 Å². The van der Waals surface area contributed by atoms with Crippen molar-refractivity contribution in [1.29, 1.82) is 0 Å². The quantitative estimate of drug-likeness (QED) is 0.729. The van der Waals surface area contributed by atoms with Gasteiger partial charge in [0.25, 0.3) is 0 Å². The summed E-state index contributed by atoms with van der Waals surface area (Å²) < 4.78 is 10.6. The maximum Gasteiger partial charge on any atom is 0.228 e. The summed E-state index contributed by atoms with van der Waals surface area (Å²) in [6.45, 7) is 3.72. The van der Waals surface area contributed by atoms with Gasteiger partial charge in [-0.3, -0.25) is 9.59 Å². The highest BCUT2D eigenvalue weighted by Gasteiger charge is 2.46. The lowest BCUT2D eigenvalue weighted by Crippen LogP contribution is -2.44. The molecule has 6 heteroatoms. The molecule has 2 saturated heterocycles. The minimum Gasteiger partial charge on any atom is -0.497 e. The van der Waals surface area contributed by atoms with Crippen LogP contribution in [-0.2, 0) is 9.59 Å². The number of benzene rings is 2. The molecule has 0 unspecified atom stereocenters. The number of nitrogens with zero attached hydrogens (tertiary/aromatic N) is 2. The Morgan fingerprint density at radius 3 is 2.16 bits per heavy atom. The van der Waals surface area contributed by atoms with Crippen LogP contribution < -0.4 is 14.4 Å². The molecule has 164 valence electrons. The number of rotatable bonds is 5. The molecular weight excluding hydrogens is 392 g/mol. The van der Waals surface area contributed by atoms with Crippen molar-refractivity contribution in [3.8, 4) is 11.5 Å². The number of ether oxygens (including phenoxy) is 2. The molecule has 2 heterocycles. The SMILES string of the molecule is COc1ccc([C@@H]2[C@@H](C(=O)N3CCC[C@@H](C)C3)CC(=O)N2c2ccc(OC)cc2)cc1. The minimum absolute atomic E-state index is 0.0330. The van der Waals surface area contributed by atoms with Crippen molar-refractivity contribution in [3.63, 3.8) is 0 Å². The molecular formula is C25H30N2O4. The van der Waals surface area contributed by atoms with Gasteiger partial charge in [-0.1, -0.05) is 19.1 Å². The Balaban J connectivity index is 1.70. The summed E-state index contributed by atoms with van der Waals surface area (Å²) in [6, 6.07) is 14.8. The second-order valence-electron chi connectivity index (χ2n) is 8.52. The Kier molecular flexibility index (Phi) is 6.16. The zero-order valence-electron chi connectivity index (χ0n) is 18.4. The number of hydrogen-bond donors (Lipinski definition) is 0. The highest BCUT2D eigenvalue weighted by atomic mass is 16.5. The molecule has 3 atom stereocenters. The van der Waals surface area contributed by atoms with E-state index in [2.05, 4.69) is 6.92 Å². The lowest BCUT2D eigenvalue weighted by Gasteiger charge is -2.35. The number of methoxy groups -OCH3 is 2. The van der Waals surface area contributed by atoms with Crippen LogP contribution in [0.1, 0.15) is 37.8 Å². The van der Waals surface area contributed by atoms with E-state index in [4.69, 9.17) is 9.47 Å². The molecule has 2 amide bonds. The number of hydrogen-bond acceptors (Lipinski definition) is 4. The summed E-state index contributed by atoms with van der Waals surface area (Å²) in [5.74, 6) is 1.61. The van der Waals surface area contributed by atoms with Gasteiger partial charge in [0, 0.05) is 25.2 Å². The van der Waals surface area contributed by atoms with E-state index in [1.54, 1.807) is 19.1 Å². The Labute approximate surface area is 183 Å². The lowest BCUT2D eigenvalue weighted by atomic mass is 9.90. The van der Waals surface area contributed by atoms with Crippen LogP contribution >= 0.6 is 0 Å². The summed E-state index contributed by atoms with van der Waals surface area (Å²) in [5, 5.41) is 0. The van der Waals surface area contributed by atoms with Crippen molar-refractivity contribution in [2.45, 2.75) is 32.2 Å². The summed E-state index contributed by atoms with van der Waals surface area (Å²) >= 11 is 0. The fourth-order valence-electron chi connectivity index (χ4n) is 4.81. The summed E-state index contributed by atoms with van der Waals surface area (Å²) in [6.07, 6.45) is 2.38. The third kappa shape index (κ3) is 4.24. The van der Waals surface area contributed by atoms with Crippen LogP contribution in [0.15, 0.2) is 48.5 Å². The van der Waals surface area contributed by atoms with Crippen LogP contribution in [0.25, 0.3) is 0 Å². The van der Waals surface area contributed by atoms with Crippen molar-refractivity contribution < 1.29 is 19.1 Å². The van der Waals surface area contributed by atoms with Gasteiger partial charge in [0.2, 0.25) is 11.8 Å². The predicted molar refractivity (Wildman–Crippen MR) is 119 cm³/mol. The van der Waals surface area contributed by atoms with Crippen LogP contribution in [0, 0.1) is 11.8 Å². The summed E-state index contributed by atoms with van der Waals surface area (Å²) in [4.78, 5) is 30.5. The van der Waals surface area contributed by atoms with Gasteiger partial charge in [0.15, 0.2) is 0 Å². The Morgan fingerprint density at radius 2 is 1.58 bits per heavy atom. The van der Waals surface area contributed by atoms with E-state index in [-0.39, 0.29) is 24.3 Å². The first kappa shape index (κ1) is 21.2. The number of carbonyl (C=O) groups is 2. The van der Waals surface area contributed by atoms with E-state index in [1.165, 1.54) is 0 Å². The second kappa shape index (κ2) is 9.00. The fourth-order valence-corrected chi connectivity index (χ4v) is 4.81. The van der Waals surface area contributed by atoms with Gasteiger partial charge in [-0.05, 0) is 60.7 Å². The topological polar surface area (TPSA) is 59.1 Å². The molecule has 0 aromatic heterocycles. The number of anilines is 1. The molecule has 0 spiro atoms. The first-order valence-electron chi connectivity index (χ1n) is 10.9. The third-order valence-corrected chi connectivity index (χ3v) is 6.42. The van der Waals surface area contributed by atoms with Crippen LogP contribution in [0.2, 0.25) is 0 Å². The maximum atomic E-state index is 13.6. The molecule has 0 saturated carbocycles. The number of amides is 2. The van der Waals surface area contributed by atoms with Crippen LogP contribution in [0.3, 0.4) is 0 Å². The summed E-state index contributed by atoms with van der Waals surface area (Å²) in [7, 11) is 3.24. The van der Waals surface area contributed by atoms with E-state index in [1.807, 2.05) is 53.4 Å². The predicted octanol–water partition coefficient (Wildman–Crippen LogP) is 4.06. The highest BCUT2D eigenvalue weighted by Crippen LogP contribution is 2.43. The third-order valence-electron chi connectivity index (χ3n) is 6.42. The van der Waals surface area contributed by atoms with E-state index in [9.17, 15) is 9.59 Å². The number of carbonyl (C=O) groups excluding carboxylic acids is 2. The molecule has 2 aliphatic heterocycles. The van der Waals surface area contributed by atoms with Crippen molar-refractivity contribution in [1.82, 2.24) is 4.90 Å². The molecule has 2 aliphatic rings. The Hall–Kier alpha value is -3.02.